The average molecular weight is 394 g/mol. The van der Waals surface area contributed by atoms with Gasteiger partial charge in [-0.25, -0.2) is 9.07 Å². The summed E-state index contributed by atoms with van der Waals surface area (Å²) >= 11 is 0. The number of benzene rings is 2. The van der Waals surface area contributed by atoms with Gasteiger partial charge in [-0.05, 0) is 56.2 Å². The Balaban J connectivity index is 1.61. The van der Waals surface area contributed by atoms with Crippen LogP contribution in [0.5, 0.6) is 6.01 Å². The van der Waals surface area contributed by atoms with Crippen LogP contribution in [0.1, 0.15) is 32.6 Å². The topological polar surface area (TPSA) is 69.0 Å². The Kier molecular flexibility index (Phi) is 5.55. The summed E-state index contributed by atoms with van der Waals surface area (Å²) < 4.78 is 20.8. The highest BCUT2D eigenvalue weighted by Crippen LogP contribution is 2.27. The van der Waals surface area contributed by atoms with Crippen LogP contribution in [0, 0.1) is 11.7 Å². The van der Waals surface area contributed by atoms with Crippen molar-refractivity contribution in [1.82, 2.24) is 14.8 Å². The third kappa shape index (κ3) is 4.29. The van der Waals surface area contributed by atoms with Gasteiger partial charge in [-0.1, -0.05) is 25.0 Å². The highest BCUT2D eigenvalue weighted by molar-refractivity contribution is 5.92. The number of rotatable bonds is 6. The summed E-state index contributed by atoms with van der Waals surface area (Å²) in [6, 6.07) is 13.8. The Morgan fingerprint density at radius 1 is 1.21 bits per heavy atom. The van der Waals surface area contributed by atoms with Gasteiger partial charge in [0.05, 0.1) is 12.3 Å². The van der Waals surface area contributed by atoms with E-state index in [0.29, 0.717) is 18.0 Å². The Morgan fingerprint density at radius 2 is 1.97 bits per heavy atom. The van der Waals surface area contributed by atoms with Crippen LogP contribution >= 0.6 is 0 Å². The van der Waals surface area contributed by atoms with Crippen LogP contribution in [0.25, 0.3) is 17.1 Å². The number of amides is 1. The van der Waals surface area contributed by atoms with Gasteiger partial charge in [-0.3, -0.25) is 4.79 Å². The van der Waals surface area contributed by atoms with Crippen LogP contribution in [-0.4, -0.2) is 27.3 Å². The predicted octanol–water partition coefficient (Wildman–Crippen LogP) is 4.60. The molecule has 7 heteroatoms. The van der Waals surface area contributed by atoms with E-state index in [4.69, 9.17) is 4.74 Å². The second-order valence-electron chi connectivity index (χ2n) is 7.09. The third-order valence-electron chi connectivity index (χ3n) is 5.05. The van der Waals surface area contributed by atoms with Crippen LogP contribution < -0.4 is 10.1 Å². The molecule has 150 valence electrons. The lowest BCUT2D eigenvalue weighted by Crippen LogP contribution is -2.20. The SMILES string of the molecule is CCOc1nc(-c2cccc(F)c2)n(-c2ccc(NC(=O)C3CCCC3)cc2)n1. The Morgan fingerprint density at radius 3 is 2.66 bits per heavy atom. The first-order valence-corrected chi connectivity index (χ1v) is 9.91. The summed E-state index contributed by atoms with van der Waals surface area (Å²) in [5.41, 5.74) is 2.08. The fraction of sp³-hybridized carbons (Fsp3) is 0.318. The maximum absolute atomic E-state index is 13.7. The zero-order valence-electron chi connectivity index (χ0n) is 16.3. The van der Waals surface area contributed by atoms with Gasteiger partial charge < -0.3 is 10.1 Å². The summed E-state index contributed by atoms with van der Waals surface area (Å²) in [4.78, 5) is 16.7. The van der Waals surface area contributed by atoms with Crippen molar-refractivity contribution in [3.05, 3.63) is 54.3 Å². The van der Waals surface area contributed by atoms with E-state index in [1.165, 1.54) is 12.1 Å². The monoisotopic (exact) mass is 394 g/mol. The number of halogens is 1. The molecular weight excluding hydrogens is 371 g/mol. The van der Waals surface area contributed by atoms with E-state index < -0.39 is 0 Å². The van der Waals surface area contributed by atoms with Crippen LogP contribution in [0.2, 0.25) is 0 Å². The van der Waals surface area contributed by atoms with E-state index in [9.17, 15) is 9.18 Å². The molecule has 0 radical (unpaired) electrons. The first-order chi connectivity index (χ1) is 14.1. The molecular formula is C22H23FN4O2. The highest BCUT2D eigenvalue weighted by Gasteiger charge is 2.22. The fourth-order valence-corrected chi connectivity index (χ4v) is 3.60. The van der Waals surface area contributed by atoms with Gasteiger partial charge in [0.1, 0.15) is 5.82 Å². The number of hydrogen-bond acceptors (Lipinski definition) is 4. The highest BCUT2D eigenvalue weighted by atomic mass is 19.1. The number of carbonyl (C=O) groups is 1. The summed E-state index contributed by atoms with van der Waals surface area (Å²) in [5.74, 6) is 0.323. The van der Waals surface area contributed by atoms with Gasteiger partial charge in [0.25, 0.3) is 0 Å². The molecule has 0 atom stereocenters. The number of anilines is 1. The minimum atomic E-state index is -0.347. The summed E-state index contributed by atoms with van der Waals surface area (Å²) in [6.07, 6.45) is 4.16. The van der Waals surface area contributed by atoms with E-state index in [2.05, 4.69) is 15.4 Å². The fourth-order valence-electron chi connectivity index (χ4n) is 3.60. The van der Waals surface area contributed by atoms with E-state index in [1.807, 2.05) is 31.2 Å². The van der Waals surface area contributed by atoms with Crippen LogP contribution in [0.15, 0.2) is 48.5 Å². The Labute approximate surface area is 168 Å². The summed E-state index contributed by atoms with van der Waals surface area (Å²) in [7, 11) is 0. The molecule has 1 saturated carbocycles. The summed E-state index contributed by atoms with van der Waals surface area (Å²) in [6.45, 7) is 2.28. The van der Waals surface area contributed by atoms with Crippen molar-refractivity contribution in [3.63, 3.8) is 0 Å². The lowest BCUT2D eigenvalue weighted by molar-refractivity contribution is -0.119. The van der Waals surface area contributed by atoms with Crippen molar-refractivity contribution in [2.75, 3.05) is 11.9 Å². The van der Waals surface area contributed by atoms with Gasteiger partial charge in [-0.15, -0.1) is 5.10 Å². The van der Waals surface area contributed by atoms with Crippen molar-refractivity contribution < 1.29 is 13.9 Å². The van der Waals surface area contributed by atoms with E-state index in [-0.39, 0.29) is 23.7 Å². The van der Waals surface area contributed by atoms with Gasteiger partial charge >= 0.3 is 6.01 Å². The molecule has 0 spiro atoms. The zero-order valence-corrected chi connectivity index (χ0v) is 16.3. The quantitative estimate of drug-likeness (QED) is 0.663. The standard InChI is InChI=1S/C22H23FN4O2/c1-2-29-22-25-20(16-8-5-9-17(23)14-16)27(26-22)19-12-10-18(11-13-19)24-21(28)15-6-3-4-7-15/h5,8-15H,2-4,6-7H2,1H3,(H,24,28). The smallest absolute Gasteiger partial charge is 0.336 e. The molecule has 0 saturated heterocycles. The van der Waals surface area contributed by atoms with Crippen molar-refractivity contribution in [2.24, 2.45) is 5.92 Å². The molecule has 6 nitrogen and oxygen atoms in total. The number of hydrogen-bond donors (Lipinski definition) is 1. The first-order valence-electron chi connectivity index (χ1n) is 9.91. The number of nitrogens with zero attached hydrogens (tertiary/aromatic N) is 3. The van der Waals surface area contributed by atoms with Crippen molar-refractivity contribution in [3.8, 4) is 23.1 Å². The average Bonchev–Trinajstić information content (AvgIpc) is 3.39. The van der Waals surface area contributed by atoms with Gasteiger partial charge in [0.2, 0.25) is 5.91 Å². The van der Waals surface area contributed by atoms with Gasteiger partial charge in [-0.2, -0.15) is 4.98 Å². The normalized spacial score (nSPS) is 14.1. The maximum Gasteiger partial charge on any atom is 0.336 e. The molecule has 1 aliphatic carbocycles. The van der Waals surface area contributed by atoms with Crippen molar-refractivity contribution in [2.45, 2.75) is 32.6 Å². The molecule has 1 N–H and O–H groups in total. The summed E-state index contributed by atoms with van der Waals surface area (Å²) in [5, 5.41) is 7.39. The molecule has 1 aromatic heterocycles. The second kappa shape index (κ2) is 8.43. The van der Waals surface area contributed by atoms with E-state index in [1.54, 1.807) is 16.8 Å². The van der Waals surface area contributed by atoms with Crippen LogP contribution in [-0.2, 0) is 4.79 Å². The molecule has 29 heavy (non-hydrogen) atoms. The maximum atomic E-state index is 13.7. The number of ether oxygens (including phenoxy) is 1. The molecule has 3 aromatic rings. The lowest BCUT2D eigenvalue weighted by Gasteiger charge is -2.11. The molecule has 0 unspecified atom stereocenters. The van der Waals surface area contributed by atoms with Gasteiger partial charge in [0.15, 0.2) is 5.82 Å². The predicted molar refractivity (Wildman–Crippen MR) is 109 cm³/mol. The number of nitrogens with one attached hydrogen (secondary N) is 1. The minimum absolute atomic E-state index is 0.0788. The minimum Gasteiger partial charge on any atom is -0.463 e. The number of aromatic nitrogens is 3. The molecule has 1 heterocycles. The van der Waals surface area contributed by atoms with Gasteiger partial charge in [0, 0.05) is 17.2 Å². The molecule has 1 amide bonds. The van der Waals surface area contributed by atoms with E-state index >= 15 is 0 Å². The van der Waals surface area contributed by atoms with E-state index in [0.717, 1.165) is 37.1 Å². The first kappa shape index (κ1) is 19.1. The van der Waals surface area contributed by atoms with Crippen LogP contribution in [0.3, 0.4) is 0 Å². The molecule has 0 aliphatic heterocycles. The molecule has 1 aliphatic rings. The third-order valence-corrected chi connectivity index (χ3v) is 5.05. The van der Waals surface area contributed by atoms with Crippen LogP contribution in [0.4, 0.5) is 10.1 Å². The largest absolute Gasteiger partial charge is 0.463 e. The Bertz CT molecular complexity index is 994. The second-order valence-corrected chi connectivity index (χ2v) is 7.09. The molecule has 4 rings (SSSR count). The molecule has 2 aromatic carbocycles. The van der Waals surface area contributed by atoms with Crippen molar-refractivity contribution in [1.29, 1.82) is 0 Å². The molecule has 0 bridgehead atoms. The van der Waals surface area contributed by atoms with Crippen molar-refractivity contribution >= 4 is 11.6 Å². The molecule has 1 fully saturated rings. The zero-order chi connectivity index (χ0) is 20.2. The number of carbonyl (C=O) groups excluding carboxylic acids is 1. The lowest BCUT2D eigenvalue weighted by atomic mass is 10.1. The Hall–Kier alpha value is -3.22.